The standard InChI is InChI=1S/C14H19N3/c1-4-12-9-13(17(3)16-12)14(15)11-7-5-6-10(2)8-11/h5-9,14H,4,15H2,1-3H3. The second-order valence-electron chi connectivity index (χ2n) is 4.43. The van der Waals surface area contributed by atoms with Crippen molar-refractivity contribution in [2.24, 2.45) is 12.8 Å². The monoisotopic (exact) mass is 229 g/mol. The fourth-order valence-electron chi connectivity index (χ4n) is 2.04. The first-order valence-corrected chi connectivity index (χ1v) is 5.96. The number of hydrogen-bond acceptors (Lipinski definition) is 2. The SMILES string of the molecule is CCc1cc(C(N)c2cccc(C)c2)n(C)n1. The topological polar surface area (TPSA) is 43.8 Å². The van der Waals surface area contributed by atoms with Gasteiger partial charge >= 0.3 is 0 Å². The first-order valence-electron chi connectivity index (χ1n) is 5.96. The summed E-state index contributed by atoms with van der Waals surface area (Å²) in [6, 6.07) is 10.3. The highest BCUT2D eigenvalue weighted by atomic mass is 15.3. The molecule has 1 heterocycles. The largest absolute Gasteiger partial charge is 0.319 e. The molecule has 1 atom stereocenters. The lowest BCUT2D eigenvalue weighted by atomic mass is 10.0. The maximum atomic E-state index is 6.29. The predicted octanol–water partition coefficient (Wildman–Crippen LogP) is 2.34. The molecule has 1 aromatic heterocycles. The van der Waals surface area contributed by atoms with E-state index in [1.807, 2.05) is 17.8 Å². The van der Waals surface area contributed by atoms with Crippen molar-refractivity contribution in [1.82, 2.24) is 9.78 Å². The number of rotatable bonds is 3. The molecule has 0 aliphatic rings. The highest BCUT2D eigenvalue weighted by Crippen LogP contribution is 2.20. The van der Waals surface area contributed by atoms with Crippen molar-refractivity contribution < 1.29 is 0 Å². The molecule has 1 aromatic carbocycles. The molecule has 0 saturated heterocycles. The Balaban J connectivity index is 2.36. The summed E-state index contributed by atoms with van der Waals surface area (Å²) < 4.78 is 1.88. The van der Waals surface area contributed by atoms with Gasteiger partial charge in [-0.1, -0.05) is 36.8 Å². The van der Waals surface area contributed by atoms with E-state index in [0.29, 0.717) is 0 Å². The van der Waals surface area contributed by atoms with Crippen LogP contribution in [0.15, 0.2) is 30.3 Å². The second-order valence-corrected chi connectivity index (χ2v) is 4.43. The second kappa shape index (κ2) is 4.72. The highest BCUT2D eigenvalue weighted by molar-refractivity contribution is 5.31. The Morgan fingerprint density at radius 1 is 1.35 bits per heavy atom. The molecule has 0 spiro atoms. The van der Waals surface area contributed by atoms with Crippen molar-refractivity contribution >= 4 is 0 Å². The zero-order valence-corrected chi connectivity index (χ0v) is 10.6. The fourth-order valence-corrected chi connectivity index (χ4v) is 2.04. The highest BCUT2D eigenvalue weighted by Gasteiger charge is 2.14. The van der Waals surface area contributed by atoms with Crippen molar-refractivity contribution in [1.29, 1.82) is 0 Å². The van der Waals surface area contributed by atoms with Gasteiger partial charge in [-0.15, -0.1) is 0 Å². The van der Waals surface area contributed by atoms with Crippen molar-refractivity contribution in [2.45, 2.75) is 26.3 Å². The lowest BCUT2D eigenvalue weighted by molar-refractivity contribution is 0.665. The summed E-state index contributed by atoms with van der Waals surface area (Å²) in [4.78, 5) is 0. The molecule has 3 heteroatoms. The molecule has 90 valence electrons. The molecular formula is C14H19N3. The van der Waals surface area contributed by atoms with Gasteiger partial charge in [0.25, 0.3) is 0 Å². The van der Waals surface area contributed by atoms with Crippen LogP contribution < -0.4 is 5.73 Å². The zero-order chi connectivity index (χ0) is 12.4. The van der Waals surface area contributed by atoms with E-state index in [0.717, 1.165) is 23.4 Å². The van der Waals surface area contributed by atoms with Crippen molar-refractivity contribution in [3.8, 4) is 0 Å². The lowest BCUT2D eigenvalue weighted by Gasteiger charge is -2.12. The fraction of sp³-hybridized carbons (Fsp3) is 0.357. The minimum atomic E-state index is -0.104. The third kappa shape index (κ3) is 2.39. The molecule has 0 saturated carbocycles. The minimum Gasteiger partial charge on any atom is -0.319 e. The smallest absolute Gasteiger partial charge is 0.0723 e. The van der Waals surface area contributed by atoms with Gasteiger partial charge in [0.05, 0.1) is 17.4 Å². The van der Waals surface area contributed by atoms with E-state index < -0.39 is 0 Å². The van der Waals surface area contributed by atoms with Gasteiger partial charge in [-0.05, 0) is 25.0 Å². The summed E-state index contributed by atoms with van der Waals surface area (Å²) in [7, 11) is 1.95. The molecule has 0 aliphatic heterocycles. The Kier molecular flexibility index (Phi) is 3.29. The number of aryl methyl sites for hydroxylation is 3. The van der Waals surface area contributed by atoms with E-state index >= 15 is 0 Å². The van der Waals surface area contributed by atoms with Gasteiger partial charge < -0.3 is 5.73 Å². The molecule has 2 aromatic rings. The van der Waals surface area contributed by atoms with Gasteiger partial charge in [0.2, 0.25) is 0 Å². The third-order valence-corrected chi connectivity index (χ3v) is 3.05. The maximum Gasteiger partial charge on any atom is 0.0723 e. The minimum absolute atomic E-state index is 0.104. The van der Waals surface area contributed by atoms with Gasteiger partial charge in [0, 0.05) is 7.05 Å². The van der Waals surface area contributed by atoms with Crippen molar-refractivity contribution in [2.75, 3.05) is 0 Å². The van der Waals surface area contributed by atoms with E-state index in [9.17, 15) is 0 Å². The number of nitrogens with two attached hydrogens (primary N) is 1. The number of hydrogen-bond donors (Lipinski definition) is 1. The van der Waals surface area contributed by atoms with E-state index in [1.165, 1.54) is 5.56 Å². The van der Waals surface area contributed by atoms with Crippen LogP contribution in [-0.4, -0.2) is 9.78 Å². The summed E-state index contributed by atoms with van der Waals surface area (Å²) >= 11 is 0. The molecule has 0 aliphatic carbocycles. The summed E-state index contributed by atoms with van der Waals surface area (Å²) in [6.45, 7) is 4.18. The summed E-state index contributed by atoms with van der Waals surface area (Å²) in [6.07, 6.45) is 0.939. The van der Waals surface area contributed by atoms with Crippen LogP contribution in [0, 0.1) is 6.92 Å². The van der Waals surface area contributed by atoms with Crippen LogP contribution in [0.25, 0.3) is 0 Å². The summed E-state index contributed by atoms with van der Waals surface area (Å²) in [5, 5.41) is 4.43. The van der Waals surface area contributed by atoms with Crippen LogP contribution in [-0.2, 0) is 13.5 Å². The molecule has 2 rings (SSSR count). The van der Waals surface area contributed by atoms with Gasteiger partial charge in [0.1, 0.15) is 0 Å². The average molecular weight is 229 g/mol. The van der Waals surface area contributed by atoms with Gasteiger partial charge in [0.15, 0.2) is 0 Å². The average Bonchev–Trinajstić information content (AvgIpc) is 2.69. The Labute approximate surface area is 102 Å². The van der Waals surface area contributed by atoms with Gasteiger partial charge in [-0.25, -0.2) is 0 Å². The zero-order valence-electron chi connectivity index (χ0n) is 10.6. The van der Waals surface area contributed by atoms with E-state index in [4.69, 9.17) is 5.73 Å². The summed E-state index contributed by atoms with van der Waals surface area (Å²) in [5.74, 6) is 0. The molecule has 1 unspecified atom stereocenters. The molecular weight excluding hydrogens is 210 g/mol. The van der Waals surface area contributed by atoms with E-state index in [-0.39, 0.29) is 6.04 Å². The Morgan fingerprint density at radius 3 is 2.71 bits per heavy atom. The predicted molar refractivity (Wildman–Crippen MR) is 69.8 cm³/mol. The van der Waals surface area contributed by atoms with Crippen LogP contribution in [0.4, 0.5) is 0 Å². The first kappa shape index (κ1) is 11.9. The molecule has 0 bridgehead atoms. The lowest BCUT2D eigenvalue weighted by Crippen LogP contribution is -2.15. The Hall–Kier alpha value is -1.61. The molecule has 3 nitrogen and oxygen atoms in total. The van der Waals surface area contributed by atoms with Crippen molar-refractivity contribution in [3.63, 3.8) is 0 Å². The van der Waals surface area contributed by atoms with Gasteiger partial charge in [-0.2, -0.15) is 5.10 Å². The quantitative estimate of drug-likeness (QED) is 0.878. The summed E-state index contributed by atoms with van der Waals surface area (Å²) in [5.41, 5.74) is 10.8. The molecule has 2 N–H and O–H groups in total. The van der Waals surface area contributed by atoms with E-state index in [2.05, 4.69) is 43.2 Å². The molecule has 0 fully saturated rings. The van der Waals surface area contributed by atoms with Crippen LogP contribution in [0.3, 0.4) is 0 Å². The molecule has 0 amide bonds. The van der Waals surface area contributed by atoms with Crippen LogP contribution >= 0.6 is 0 Å². The third-order valence-electron chi connectivity index (χ3n) is 3.05. The number of benzene rings is 1. The molecule has 17 heavy (non-hydrogen) atoms. The number of aromatic nitrogens is 2. The molecule has 0 radical (unpaired) electrons. The normalized spacial score (nSPS) is 12.7. The number of nitrogens with zero attached hydrogens (tertiary/aromatic N) is 2. The Morgan fingerprint density at radius 2 is 2.12 bits per heavy atom. The Bertz CT molecular complexity index is 514. The first-order chi connectivity index (χ1) is 8.11. The van der Waals surface area contributed by atoms with E-state index in [1.54, 1.807) is 0 Å². The van der Waals surface area contributed by atoms with Crippen molar-refractivity contribution in [3.05, 3.63) is 52.8 Å². The van der Waals surface area contributed by atoms with Gasteiger partial charge in [-0.3, -0.25) is 4.68 Å². The van der Waals surface area contributed by atoms with Crippen LogP contribution in [0.2, 0.25) is 0 Å². The van der Waals surface area contributed by atoms with Crippen LogP contribution in [0.5, 0.6) is 0 Å². The van der Waals surface area contributed by atoms with Crippen LogP contribution in [0.1, 0.15) is 35.5 Å². The maximum absolute atomic E-state index is 6.29.